The van der Waals surface area contributed by atoms with E-state index in [0.29, 0.717) is 13.2 Å². The molecule has 0 amide bonds. The van der Waals surface area contributed by atoms with Gasteiger partial charge in [0.2, 0.25) is 0 Å². The Kier molecular flexibility index (Phi) is 8.37. The molecule has 3 nitrogen and oxygen atoms in total. The number of hydrogen-bond acceptors (Lipinski definition) is 5. The highest BCUT2D eigenvalue weighted by Crippen LogP contribution is 2.48. The van der Waals surface area contributed by atoms with Gasteiger partial charge in [-0.2, -0.15) is 0 Å². The number of rotatable bonds is 9. The van der Waals surface area contributed by atoms with Crippen LogP contribution in [-0.4, -0.2) is 40.5 Å². The molecule has 0 saturated carbocycles. The molecule has 0 unspecified atom stereocenters. The van der Waals surface area contributed by atoms with Gasteiger partial charge >= 0.3 is 0 Å². The smallest absolute Gasteiger partial charge is 0.0795 e. The number of ether oxygens (including phenoxy) is 2. The lowest BCUT2D eigenvalue weighted by Crippen LogP contribution is -2.32. The predicted molar refractivity (Wildman–Crippen MR) is 99.8 cm³/mol. The molecule has 2 rings (SSSR count). The highest BCUT2D eigenvalue weighted by molar-refractivity contribution is 8.18. The molecule has 0 radical (unpaired) electrons. The lowest BCUT2D eigenvalue weighted by Gasteiger charge is -2.36. The van der Waals surface area contributed by atoms with Crippen molar-refractivity contribution in [2.24, 2.45) is 0 Å². The highest BCUT2D eigenvalue weighted by Gasteiger charge is 2.34. The molecule has 1 saturated heterocycles. The fourth-order valence-corrected chi connectivity index (χ4v) is 5.95. The molecule has 1 atom stereocenters. The van der Waals surface area contributed by atoms with Crippen LogP contribution in [0.25, 0.3) is 0 Å². The Morgan fingerprint density at radius 1 is 1.26 bits per heavy atom. The van der Waals surface area contributed by atoms with Gasteiger partial charge in [-0.3, -0.25) is 0 Å². The van der Waals surface area contributed by atoms with Gasteiger partial charge in [0.05, 0.1) is 36.8 Å². The third-order valence-electron chi connectivity index (χ3n) is 3.65. The first kappa shape index (κ1) is 18.7. The maximum atomic E-state index is 10.4. The zero-order valence-electron chi connectivity index (χ0n) is 13.6. The van der Waals surface area contributed by atoms with Crippen molar-refractivity contribution in [3.8, 4) is 0 Å². The molecule has 1 aromatic rings. The molecule has 128 valence electrons. The van der Waals surface area contributed by atoms with Crippen LogP contribution in [0.5, 0.6) is 0 Å². The molecule has 1 aliphatic rings. The maximum absolute atomic E-state index is 10.4. The predicted octanol–water partition coefficient (Wildman–Crippen LogP) is 4.07. The summed E-state index contributed by atoms with van der Waals surface area (Å²) in [5.41, 5.74) is 1.14. The van der Waals surface area contributed by atoms with Crippen LogP contribution in [-0.2, 0) is 16.1 Å². The van der Waals surface area contributed by atoms with E-state index in [9.17, 15) is 5.11 Å². The Bertz CT molecular complexity index is 459. The van der Waals surface area contributed by atoms with E-state index in [4.69, 9.17) is 9.47 Å². The summed E-state index contributed by atoms with van der Waals surface area (Å²) in [5, 5.41) is 10.4. The minimum atomic E-state index is -0.437. The van der Waals surface area contributed by atoms with Gasteiger partial charge in [-0.15, -0.1) is 23.5 Å². The second-order valence-corrected chi connectivity index (χ2v) is 8.85. The first-order valence-electron chi connectivity index (χ1n) is 7.99. The zero-order valence-corrected chi connectivity index (χ0v) is 15.3. The fraction of sp³-hybridized carbons (Fsp3) is 0.556. The molecule has 0 spiro atoms. The van der Waals surface area contributed by atoms with Crippen LogP contribution in [0.1, 0.15) is 24.8 Å². The Morgan fingerprint density at radius 3 is 2.70 bits per heavy atom. The standard InChI is InChI=1S/C18H26O3S2/c1-20-10-5-9-18(22-11-6-12-23-18)13-17(19)15-21-14-16-7-3-2-4-8-16/h2-5,7-8,10,17,19H,6,9,11-15H2,1H3/b10-5+/t17-/m0/s1. The van der Waals surface area contributed by atoms with Crippen molar-refractivity contribution >= 4 is 23.5 Å². The van der Waals surface area contributed by atoms with Crippen LogP contribution in [0.3, 0.4) is 0 Å². The van der Waals surface area contributed by atoms with Gasteiger partial charge in [0.15, 0.2) is 0 Å². The topological polar surface area (TPSA) is 38.7 Å². The van der Waals surface area contributed by atoms with Crippen molar-refractivity contribution in [1.29, 1.82) is 0 Å². The summed E-state index contributed by atoms with van der Waals surface area (Å²) in [5.74, 6) is 2.32. The Balaban J connectivity index is 1.79. The van der Waals surface area contributed by atoms with Crippen molar-refractivity contribution in [2.45, 2.75) is 36.1 Å². The third-order valence-corrected chi connectivity index (χ3v) is 7.06. The van der Waals surface area contributed by atoms with E-state index < -0.39 is 6.10 Å². The molecule has 0 bridgehead atoms. The Hall–Kier alpha value is -0.620. The minimum Gasteiger partial charge on any atom is -0.505 e. The molecule has 1 fully saturated rings. The fourth-order valence-electron chi connectivity index (χ4n) is 2.56. The molecule has 1 N–H and O–H groups in total. The van der Waals surface area contributed by atoms with E-state index in [-0.39, 0.29) is 4.08 Å². The molecule has 0 aliphatic carbocycles. The molecule has 23 heavy (non-hydrogen) atoms. The first-order chi connectivity index (χ1) is 11.2. The van der Waals surface area contributed by atoms with Crippen LogP contribution < -0.4 is 0 Å². The molecular weight excluding hydrogens is 328 g/mol. The Labute approximate surface area is 147 Å². The number of allylic oxidation sites excluding steroid dienone is 1. The maximum Gasteiger partial charge on any atom is 0.0795 e. The molecular formula is C18H26O3S2. The van der Waals surface area contributed by atoms with Gasteiger partial charge in [0.25, 0.3) is 0 Å². The largest absolute Gasteiger partial charge is 0.505 e. The number of aliphatic hydroxyl groups is 1. The zero-order chi connectivity index (χ0) is 16.4. The van der Waals surface area contributed by atoms with E-state index in [1.807, 2.05) is 53.9 Å². The van der Waals surface area contributed by atoms with Crippen molar-refractivity contribution in [1.82, 2.24) is 0 Å². The first-order valence-corrected chi connectivity index (χ1v) is 9.97. The van der Waals surface area contributed by atoms with Crippen molar-refractivity contribution in [3.63, 3.8) is 0 Å². The summed E-state index contributed by atoms with van der Waals surface area (Å²) < 4.78 is 10.7. The molecule has 1 heterocycles. The lowest BCUT2D eigenvalue weighted by atomic mass is 10.1. The number of aliphatic hydroxyl groups excluding tert-OH is 1. The normalized spacial score (nSPS) is 18.9. The average molecular weight is 355 g/mol. The van der Waals surface area contributed by atoms with Gasteiger partial charge in [0, 0.05) is 0 Å². The molecule has 1 aromatic carbocycles. The van der Waals surface area contributed by atoms with E-state index >= 15 is 0 Å². The Morgan fingerprint density at radius 2 is 2.00 bits per heavy atom. The van der Waals surface area contributed by atoms with Crippen molar-refractivity contribution in [2.75, 3.05) is 25.2 Å². The van der Waals surface area contributed by atoms with Gasteiger partial charge in [-0.1, -0.05) is 30.3 Å². The number of benzene rings is 1. The molecule has 1 aliphatic heterocycles. The van der Waals surface area contributed by atoms with Crippen LogP contribution >= 0.6 is 23.5 Å². The van der Waals surface area contributed by atoms with Gasteiger partial charge in [-0.05, 0) is 42.4 Å². The summed E-state index contributed by atoms with van der Waals surface area (Å²) in [4.78, 5) is 0. The van der Waals surface area contributed by atoms with E-state index in [0.717, 1.165) is 29.9 Å². The van der Waals surface area contributed by atoms with Crippen molar-refractivity contribution in [3.05, 3.63) is 48.2 Å². The quantitative estimate of drug-likeness (QED) is 0.677. The van der Waals surface area contributed by atoms with Crippen LogP contribution in [0.15, 0.2) is 42.7 Å². The molecule has 0 aromatic heterocycles. The number of thioether (sulfide) groups is 2. The number of hydrogen-bond donors (Lipinski definition) is 1. The van der Waals surface area contributed by atoms with Gasteiger partial charge < -0.3 is 14.6 Å². The van der Waals surface area contributed by atoms with Crippen LogP contribution in [0.4, 0.5) is 0 Å². The van der Waals surface area contributed by atoms with Gasteiger partial charge in [-0.25, -0.2) is 0 Å². The SMILES string of the molecule is CO/C=C/CC1(C[C@H](O)COCc2ccccc2)SCCCS1. The monoisotopic (exact) mass is 354 g/mol. The average Bonchev–Trinajstić information content (AvgIpc) is 2.57. The summed E-state index contributed by atoms with van der Waals surface area (Å²) >= 11 is 3.92. The van der Waals surface area contributed by atoms with E-state index in [1.54, 1.807) is 13.4 Å². The minimum absolute atomic E-state index is 0.0444. The van der Waals surface area contributed by atoms with E-state index in [2.05, 4.69) is 6.08 Å². The lowest BCUT2D eigenvalue weighted by molar-refractivity contribution is 0.0233. The van der Waals surface area contributed by atoms with E-state index in [1.165, 1.54) is 6.42 Å². The second-order valence-electron chi connectivity index (χ2n) is 5.63. The third kappa shape index (κ3) is 6.79. The van der Waals surface area contributed by atoms with Crippen LogP contribution in [0.2, 0.25) is 0 Å². The summed E-state index contributed by atoms with van der Waals surface area (Å²) in [6.45, 7) is 0.931. The highest BCUT2D eigenvalue weighted by atomic mass is 32.2. The second kappa shape index (κ2) is 10.3. The van der Waals surface area contributed by atoms with Crippen molar-refractivity contribution < 1.29 is 14.6 Å². The summed E-state index contributed by atoms with van der Waals surface area (Å²) in [6, 6.07) is 10.1. The summed E-state index contributed by atoms with van der Waals surface area (Å²) in [7, 11) is 1.66. The molecule has 5 heteroatoms. The summed E-state index contributed by atoms with van der Waals surface area (Å²) in [6.07, 6.45) is 6.24. The van der Waals surface area contributed by atoms with Gasteiger partial charge in [0.1, 0.15) is 0 Å². The number of methoxy groups -OCH3 is 1. The van der Waals surface area contributed by atoms with Crippen LogP contribution in [0, 0.1) is 0 Å².